The Morgan fingerprint density at radius 2 is 1.76 bits per heavy atom. The number of para-hydroxylation sites is 1. The molecule has 4 heteroatoms. The van der Waals surface area contributed by atoms with Gasteiger partial charge in [0.05, 0.1) is 5.52 Å². The zero-order valence-corrected chi connectivity index (χ0v) is 26.9. The molecular formula is C38H48N4. The molecule has 3 aromatic rings. The lowest BCUT2D eigenvalue weighted by Gasteiger charge is -2.20. The molecule has 2 N–H and O–H groups in total. The van der Waals surface area contributed by atoms with Gasteiger partial charge in [0.15, 0.2) is 0 Å². The lowest BCUT2D eigenvalue weighted by Crippen LogP contribution is -2.12. The molecular weight excluding hydrogens is 512 g/mol. The van der Waals surface area contributed by atoms with Crippen LogP contribution in [0.4, 0.5) is 11.8 Å². The molecule has 0 radical (unpaired) electrons. The third kappa shape index (κ3) is 6.53. The Hall–Kier alpha value is -3.66. The summed E-state index contributed by atoms with van der Waals surface area (Å²) in [6.45, 7) is 18.9. The first kappa shape index (κ1) is 29.8. The standard InChI is InChI=1S/C38H48N4/c1-9-23(3)18-25(5)30-19-27(7)35(28(8)20-30)33-12-11-13-34-36(33)41-38(42-37(34)39-22-29-14-15-29)40-31-16-17-32(24(4)10-2)26(6)21-31/h11-13,16-21,25-26,29H,9-10,14-15,22H2,1-8H3,(H2,39,40,41,42)/b23-18+,32-24+. The maximum absolute atomic E-state index is 5.18. The Balaban J connectivity index is 1.57. The summed E-state index contributed by atoms with van der Waals surface area (Å²) in [5.74, 6) is 3.03. The van der Waals surface area contributed by atoms with E-state index in [4.69, 9.17) is 9.97 Å². The van der Waals surface area contributed by atoms with Gasteiger partial charge in [-0.15, -0.1) is 0 Å². The number of benzene rings is 2. The summed E-state index contributed by atoms with van der Waals surface area (Å²) in [6.07, 6.45) is 13.8. The Bertz CT molecular complexity index is 1580. The predicted octanol–water partition coefficient (Wildman–Crippen LogP) is 10.4. The quantitative estimate of drug-likeness (QED) is 0.242. The summed E-state index contributed by atoms with van der Waals surface area (Å²) in [5.41, 5.74) is 12.7. The normalized spacial score (nSPS) is 19.1. The van der Waals surface area contributed by atoms with Gasteiger partial charge in [0, 0.05) is 29.1 Å². The molecule has 1 saturated carbocycles. The lowest BCUT2D eigenvalue weighted by atomic mass is 9.88. The topological polar surface area (TPSA) is 49.8 Å². The van der Waals surface area contributed by atoms with Crippen LogP contribution in [0, 0.1) is 25.7 Å². The van der Waals surface area contributed by atoms with Crippen molar-refractivity contribution in [2.24, 2.45) is 11.8 Å². The highest BCUT2D eigenvalue weighted by Crippen LogP contribution is 2.38. The average Bonchev–Trinajstić information content (AvgIpc) is 3.80. The monoisotopic (exact) mass is 560 g/mol. The molecule has 2 aliphatic rings. The number of nitrogens with one attached hydrogen (secondary N) is 2. The highest BCUT2D eigenvalue weighted by Gasteiger charge is 2.23. The number of hydrogen-bond acceptors (Lipinski definition) is 4. The second kappa shape index (κ2) is 12.7. The first-order chi connectivity index (χ1) is 20.2. The van der Waals surface area contributed by atoms with Gasteiger partial charge in [0.2, 0.25) is 5.95 Å². The van der Waals surface area contributed by atoms with Crippen molar-refractivity contribution in [2.45, 2.75) is 87.0 Å². The molecule has 2 aromatic carbocycles. The zero-order valence-electron chi connectivity index (χ0n) is 26.9. The number of hydrogen-bond donors (Lipinski definition) is 2. The predicted molar refractivity (Wildman–Crippen MR) is 181 cm³/mol. The summed E-state index contributed by atoms with van der Waals surface area (Å²) < 4.78 is 0. The number of aromatic nitrogens is 2. The van der Waals surface area contributed by atoms with Crippen LogP contribution < -0.4 is 10.6 Å². The van der Waals surface area contributed by atoms with Gasteiger partial charge in [-0.1, -0.05) is 81.3 Å². The largest absolute Gasteiger partial charge is 0.369 e. The summed E-state index contributed by atoms with van der Waals surface area (Å²) in [5, 5.41) is 8.31. The van der Waals surface area contributed by atoms with Crippen LogP contribution in [0.15, 0.2) is 77.1 Å². The first-order valence-corrected chi connectivity index (χ1v) is 15.9. The van der Waals surface area contributed by atoms with E-state index in [1.165, 1.54) is 51.8 Å². The molecule has 0 spiro atoms. The average molecular weight is 561 g/mol. The number of rotatable bonds is 10. The Morgan fingerprint density at radius 1 is 1.02 bits per heavy atom. The molecule has 5 rings (SSSR count). The van der Waals surface area contributed by atoms with E-state index >= 15 is 0 Å². The van der Waals surface area contributed by atoms with E-state index in [2.05, 4.69) is 121 Å². The molecule has 1 heterocycles. The minimum Gasteiger partial charge on any atom is -0.369 e. The molecule has 4 nitrogen and oxygen atoms in total. The van der Waals surface area contributed by atoms with E-state index in [9.17, 15) is 0 Å². The minimum atomic E-state index is 0.350. The smallest absolute Gasteiger partial charge is 0.229 e. The SMILES string of the molecule is CC/C(C)=C1\C=CC(Nc2nc(NCC3CC3)c3cccc(-c4c(C)cc(C(C)/C=C(\C)CC)cc4C)c3n2)=CC1C. The van der Waals surface area contributed by atoms with Crippen LogP contribution in [0.2, 0.25) is 0 Å². The summed E-state index contributed by atoms with van der Waals surface area (Å²) in [4.78, 5) is 10.2. The van der Waals surface area contributed by atoms with Gasteiger partial charge in [0.1, 0.15) is 5.82 Å². The Labute approximate surface area is 253 Å². The molecule has 0 bridgehead atoms. The van der Waals surface area contributed by atoms with E-state index in [-0.39, 0.29) is 0 Å². The second-order valence-electron chi connectivity index (χ2n) is 12.6. The number of aryl methyl sites for hydroxylation is 2. The van der Waals surface area contributed by atoms with E-state index < -0.39 is 0 Å². The minimum absolute atomic E-state index is 0.350. The van der Waals surface area contributed by atoms with Crippen molar-refractivity contribution in [3.05, 3.63) is 93.7 Å². The van der Waals surface area contributed by atoms with Crippen LogP contribution in [0.25, 0.3) is 22.0 Å². The molecule has 0 amide bonds. The van der Waals surface area contributed by atoms with Crippen LogP contribution in [-0.4, -0.2) is 16.5 Å². The molecule has 2 atom stereocenters. The third-order valence-corrected chi connectivity index (χ3v) is 9.07. The van der Waals surface area contributed by atoms with Crippen molar-refractivity contribution in [2.75, 3.05) is 17.2 Å². The summed E-state index contributed by atoms with van der Waals surface area (Å²) in [7, 11) is 0. The molecule has 1 aromatic heterocycles. The molecule has 1 fully saturated rings. The fourth-order valence-electron chi connectivity index (χ4n) is 6.13. The summed E-state index contributed by atoms with van der Waals surface area (Å²) >= 11 is 0. The lowest BCUT2D eigenvalue weighted by molar-refractivity contribution is 0.841. The van der Waals surface area contributed by atoms with Crippen molar-refractivity contribution in [1.82, 2.24) is 9.97 Å². The third-order valence-electron chi connectivity index (χ3n) is 9.07. The fourth-order valence-corrected chi connectivity index (χ4v) is 6.13. The zero-order chi connectivity index (χ0) is 30.0. The van der Waals surface area contributed by atoms with Gasteiger partial charge in [-0.3, -0.25) is 0 Å². The highest BCUT2D eigenvalue weighted by atomic mass is 15.1. The fraction of sp³-hybridized carbons (Fsp3) is 0.421. The van der Waals surface area contributed by atoms with Crippen molar-refractivity contribution in [3.63, 3.8) is 0 Å². The Morgan fingerprint density at radius 3 is 2.40 bits per heavy atom. The van der Waals surface area contributed by atoms with E-state index in [0.29, 0.717) is 17.8 Å². The summed E-state index contributed by atoms with van der Waals surface area (Å²) in [6, 6.07) is 11.2. The van der Waals surface area contributed by atoms with Crippen LogP contribution in [0.5, 0.6) is 0 Å². The van der Waals surface area contributed by atoms with Crippen LogP contribution in [0.1, 0.15) is 89.8 Å². The second-order valence-corrected chi connectivity index (χ2v) is 12.6. The van der Waals surface area contributed by atoms with E-state index in [0.717, 1.165) is 53.3 Å². The number of allylic oxidation sites excluding steroid dienone is 7. The van der Waals surface area contributed by atoms with E-state index in [1.54, 1.807) is 0 Å². The van der Waals surface area contributed by atoms with Gasteiger partial charge in [-0.05, 0) is 105 Å². The maximum Gasteiger partial charge on any atom is 0.229 e. The molecule has 220 valence electrons. The molecule has 42 heavy (non-hydrogen) atoms. The number of fused-ring (bicyclic) bond motifs is 1. The molecule has 2 aliphatic carbocycles. The first-order valence-electron chi connectivity index (χ1n) is 15.9. The van der Waals surface area contributed by atoms with Crippen LogP contribution >= 0.6 is 0 Å². The van der Waals surface area contributed by atoms with Crippen molar-refractivity contribution < 1.29 is 0 Å². The highest BCUT2D eigenvalue weighted by molar-refractivity contribution is 6.01. The Kier molecular flexibility index (Phi) is 9.01. The van der Waals surface area contributed by atoms with Gasteiger partial charge < -0.3 is 10.6 Å². The maximum atomic E-state index is 5.18. The van der Waals surface area contributed by atoms with Gasteiger partial charge >= 0.3 is 0 Å². The molecule has 2 unspecified atom stereocenters. The van der Waals surface area contributed by atoms with Crippen molar-refractivity contribution in [3.8, 4) is 11.1 Å². The van der Waals surface area contributed by atoms with Crippen LogP contribution in [0.3, 0.4) is 0 Å². The number of anilines is 2. The van der Waals surface area contributed by atoms with Gasteiger partial charge in [0.25, 0.3) is 0 Å². The number of nitrogens with zero attached hydrogens (tertiary/aromatic N) is 2. The van der Waals surface area contributed by atoms with Crippen LogP contribution in [-0.2, 0) is 0 Å². The van der Waals surface area contributed by atoms with Crippen molar-refractivity contribution in [1.29, 1.82) is 0 Å². The van der Waals surface area contributed by atoms with Gasteiger partial charge in [-0.2, -0.15) is 4.98 Å². The van der Waals surface area contributed by atoms with E-state index in [1.807, 2.05) is 0 Å². The van der Waals surface area contributed by atoms with Crippen molar-refractivity contribution >= 4 is 22.7 Å². The molecule has 0 aliphatic heterocycles. The van der Waals surface area contributed by atoms with Gasteiger partial charge in [-0.25, -0.2) is 4.98 Å². The molecule has 0 saturated heterocycles.